The van der Waals surface area contributed by atoms with Crippen LogP contribution in [0.5, 0.6) is 0 Å². The van der Waals surface area contributed by atoms with E-state index in [1.807, 2.05) is 6.92 Å². The quantitative estimate of drug-likeness (QED) is 0.212. The molecular weight excluding hydrogens is 490 g/mol. The molecule has 0 aliphatic carbocycles. The van der Waals surface area contributed by atoms with Gasteiger partial charge in [-0.3, -0.25) is 9.59 Å². The molecule has 0 fully saturated rings. The number of rotatable bonds is 10. The highest BCUT2D eigenvalue weighted by Crippen LogP contribution is 2.36. The number of methoxy groups -OCH3 is 1. The summed E-state index contributed by atoms with van der Waals surface area (Å²) in [7, 11) is 1.27. The second-order valence-corrected chi connectivity index (χ2v) is 8.41. The van der Waals surface area contributed by atoms with Crippen LogP contribution in [0.4, 0.5) is 10.8 Å². The van der Waals surface area contributed by atoms with Crippen LogP contribution in [-0.4, -0.2) is 66.6 Å². The van der Waals surface area contributed by atoms with Gasteiger partial charge in [0.15, 0.2) is 11.3 Å². The van der Waals surface area contributed by atoms with Gasteiger partial charge in [-0.15, -0.1) is 35.3 Å². The Bertz CT molecular complexity index is 1430. The van der Waals surface area contributed by atoms with E-state index in [0.29, 0.717) is 22.2 Å². The molecule has 4 aromatic rings. The van der Waals surface area contributed by atoms with Crippen molar-refractivity contribution in [3.63, 3.8) is 0 Å². The van der Waals surface area contributed by atoms with Crippen molar-refractivity contribution in [2.24, 2.45) is 10.2 Å². The number of esters is 1. The number of aromatic carboxylic acids is 1. The van der Waals surface area contributed by atoms with Gasteiger partial charge in [-0.1, -0.05) is 36.5 Å². The molecule has 0 bridgehead atoms. The first-order valence-corrected chi connectivity index (χ1v) is 11.6. The molecule has 3 heterocycles. The van der Waals surface area contributed by atoms with E-state index >= 15 is 0 Å². The topological polar surface area (TPSA) is 189 Å². The number of carboxylic acid groups (broad SMARTS) is 1. The number of hydrogen-bond donors (Lipinski definition) is 3. The van der Waals surface area contributed by atoms with E-state index in [-0.39, 0.29) is 48.2 Å². The molecule has 0 aliphatic rings. The summed E-state index contributed by atoms with van der Waals surface area (Å²) >= 11 is 1.19. The fourth-order valence-electron chi connectivity index (χ4n) is 3.28. The lowest BCUT2D eigenvalue weighted by Gasteiger charge is -2.09. The second kappa shape index (κ2) is 10.8. The zero-order chi connectivity index (χ0) is 25.7. The number of amides is 1. The zero-order valence-electron chi connectivity index (χ0n) is 19.2. The highest BCUT2D eigenvalue weighted by atomic mass is 32.1. The molecule has 4 rings (SSSR count). The van der Waals surface area contributed by atoms with Crippen LogP contribution in [0.1, 0.15) is 41.9 Å². The van der Waals surface area contributed by atoms with E-state index in [1.165, 1.54) is 34.7 Å². The van der Waals surface area contributed by atoms with Gasteiger partial charge in [0, 0.05) is 24.4 Å². The summed E-state index contributed by atoms with van der Waals surface area (Å²) < 4.78 is 5.85. The Morgan fingerprint density at radius 3 is 2.75 bits per heavy atom. The summed E-state index contributed by atoms with van der Waals surface area (Å²) in [6.07, 6.45) is 0.0121. The molecule has 15 heteroatoms. The Labute approximate surface area is 207 Å². The van der Waals surface area contributed by atoms with Crippen molar-refractivity contribution in [2.45, 2.75) is 25.7 Å². The second-order valence-electron chi connectivity index (χ2n) is 7.60. The summed E-state index contributed by atoms with van der Waals surface area (Å²) in [6, 6.07) is 6.42. The minimum Gasteiger partial charge on any atom is -0.478 e. The Kier molecular flexibility index (Phi) is 7.39. The maximum Gasteiger partial charge on any atom is 0.336 e. The summed E-state index contributed by atoms with van der Waals surface area (Å²) in [4.78, 5) is 38.2. The number of nitrogens with one attached hydrogen (secondary N) is 2. The SMILES string of the molecule is COC(=O)CCC(=O)NCC(C)c1nn2nc(-c3ccccc3C(=O)O)c(N=Nc3nncs3)c2[nH]1. The monoisotopic (exact) mass is 511 g/mol. The van der Waals surface area contributed by atoms with Crippen LogP contribution in [0.3, 0.4) is 0 Å². The van der Waals surface area contributed by atoms with Crippen LogP contribution in [0.2, 0.25) is 0 Å². The van der Waals surface area contributed by atoms with Gasteiger partial charge in [0.05, 0.1) is 19.1 Å². The minimum absolute atomic E-state index is 0.00509. The molecule has 186 valence electrons. The average molecular weight is 512 g/mol. The number of hydrogen-bond acceptors (Lipinski definition) is 11. The molecule has 0 saturated carbocycles. The number of H-pyrrole nitrogens is 1. The number of aromatic nitrogens is 6. The molecule has 1 unspecified atom stereocenters. The number of carbonyl (C=O) groups excluding carboxylic acids is 2. The van der Waals surface area contributed by atoms with Crippen molar-refractivity contribution >= 4 is 45.6 Å². The lowest BCUT2D eigenvalue weighted by molar-refractivity contribution is -0.142. The van der Waals surface area contributed by atoms with Gasteiger partial charge in [-0.2, -0.15) is 0 Å². The first-order valence-electron chi connectivity index (χ1n) is 10.7. The van der Waals surface area contributed by atoms with E-state index in [2.05, 4.69) is 45.7 Å². The molecule has 14 nitrogen and oxygen atoms in total. The maximum absolute atomic E-state index is 12.0. The highest BCUT2D eigenvalue weighted by molar-refractivity contribution is 7.13. The number of nitrogens with zero attached hydrogens (tertiary/aromatic N) is 7. The molecule has 1 amide bonds. The highest BCUT2D eigenvalue weighted by Gasteiger charge is 2.24. The van der Waals surface area contributed by atoms with Crippen molar-refractivity contribution in [3.05, 3.63) is 41.2 Å². The standard InChI is InChI=1S/C21H21N9O5S/c1-11(9-22-14(31)7-8-15(32)35-2)18-24-19-17(25-27-21-26-23-10-36-21)16(28-30(19)29-18)12-5-3-4-6-13(12)20(33)34/h3-6,10-11H,7-9H2,1-2H3,(H,22,31)(H,24,29)(H,33,34). The number of ether oxygens (including phenoxy) is 1. The summed E-state index contributed by atoms with van der Waals surface area (Å²) in [5.41, 5.74) is 2.84. The Balaban J connectivity index is 1.63. The van der Waals surface area contributed by atoms with Crippen molar-refractivity contribution in [3.8, 4) is 11.3 Å². The zero-order valence-corrected chi connectivity index (χ0v) is 20.0. The maximum atomic E-state index is 12.0. The first-order chi connectivity index (χ1) is 17.4. The third-order valence-electron chi connectivity index (χ3n) is 5.14. The number of carboxylic acids is 1. The molecule has 1 atom stereocenters. The fourth-order valence-corrected chi connectivity index (χ4v) is 3.65. The molecule has 0 aliphatic heterocycles. The average Bonchev–Trinajstić information content (AvgIpc) is 3.61. The van der Waals surface area contributed by atoms with E-state index < -0.39 is 11.9 Å². The summed E-state index contributed by atoms with van der Waals surface area (Å²) in [5, 5.41) is 37.6. The van der Waals surface area contributed by atoms with Gasteiger partial charge in [0.25, 0.3) is 5.13 Å². The lowest BCUT2D eigenvalue weighted by Crippen LogP contribution is -2.28. The predicted molar refractivity (Wildman–Crippen MR) is 126 cm³/mol. The van der Waals surface area contributed by atoms with Crippen molar-refractivity contribution in [2.75, 3.05) is 13.7 Å². The number of azo groups is 1. The molecule has 0 radical (unpaired) electrons. The molecule has 3 N–H and O–H groups in total. The number of carbonyl (C=O) groups is 3. The van der Waals surface area contributed by atoms with E-state index in [4.69, 9.17) is 0 Å². The van der Waals surface area contributed by atoms with Crippen LogP contribution < -0.4 is 5.32 Å². The minimum atomic E-state index is -1.11. The van der Waals surface area contributed by atoms with Crippen LogP contribution in [0, 0.1) is 0 Å². The van der Waals surface area contributed by atoms with E-state index in [0.717, 1.165) is 0 Å². The van der Waals surface area contributed by atoms with Crippen LogP contribution >= 0.6 is 11.3 Å². The number of benzene rings is 1. The molecule has 0 spiro atoms. The van der Waals surface area contributed by atoms with E-state index in [1.54, 1.807) is 18.2 Å². The Morgan fingerprint density at radius 2 is 2.03 bits per heavy atom. The van der Waals surface area contributed by atoms with Gasteiger partial charge >= 0.3 is 11.9 Å². The summed E-state index contributed by atoms with van der Waals surface area (Å²) in [5.74, 6) is -1.59. The number of fused-ring (bicyclic) bond motifs is 1. The smallest absolute Gasteiger partial charge is 0.336 e. The molecule has 3 aromatic heterocycles. The lowest BCUT2D eigenvalue weighted by atomic mass is 10.0. The number of aromatic amines is 1. The third kappa shape index (κ3) is 5.41. The Hall–Kier alpha value is -4.53. The van der Waals surface area contributed by atoms with Gasteiger partial charge in [0.1, 0.15) is 17.0 Å². The molecule has 0 saturated heterocycles. The normalized spacial score (nSPS) is 12.2. The van der Waals surface area contributed by atoms with Gasteiger partial charge in [-0.05, 0) is 6.07 Å². The van der Waals surface area contributed by atoms with Crippen LogP contribution in [0.25, 0.3) is 16.9 Å². The Morgan fingerprint density at radius 1 is 1.22 bits per heavy atom. The van der Waals surface area contributed by atoms with Crippen molar-refractivity contribution in [1.82, 2.24) is 35.3 Å². The van der Waals surface area contributed by atoms with Gasteiger partial charge in [-0.25, -0.2) is 4.79 Å². The van der Waals surface area contributed by atoms with Crippen LogP contribution in [-0.2, 0) is 14.3 Å². The van der Waals surface area contributed by atoms with Gasteiger partial charge in [0.2, 0.25) is 5.91 Å². The first kappa shape index (κ1) is 24.6. The van der Waals surface area contributed by atoms with E-state index in [9.17, 15) is 19.5 Å². The third-order valence-corrected chi connectivity index (χ3v) is 5.72. The molecular formula is C21H21N9O5S. The fraction of sp³-hybridized carbons (Fsp3) is 0.286. The molecule has 36 heavy (non-hydrogen) atoms. The van der Waals surface area contributed by atoms with Crippen LogP contribution in [0.15, 0.2) is 40.0 Å². The molecule has 1 aromatic carbocycles. The summed E-state index contributed by atoms with van der Waals surface area (Å²) in [6.45, 7) is 2.11. The van der Waals surface area contributed by atoms with Crippen molar-refractivity contribution < 1.29 is 24.2 Å². The predicted octanol–water partition coefficient (Wildman–Crippen LogP) is 2.86. The van der Waals surface area contributed by atoms with Crippen molar-refractivity contribution in [1.29, 1.82) is 0 Å². The van der Waals surface area contributed by atoms with Gasteiger partial charge < -0.3 is 20.1 Å². The largest absolute Gasteiger partial charge is 0.478 e.